The molecule has 0 aromatic heterocycles. The summed E-state index contributed by atoms with van der Waals surface area (Å²) in [6.07, 6.45) is 4.60. The highest BCUT2D eigenvalue weighted by atomic mass is 35.5. The van der Waals surface area contributed by atoms with E-state index < -0.39 is 0 Å². The van der Waals surface area contributed by atoms with Crippen LogP contribution in [0.3, 0.4) is 0 Å². The lowest BCUT2D eigenvalue weighted by Gasteiger charge is -2.31. The number of benzene rings is 1. The number of hydrogen-bond acceptors (Lipinski definition) is 3. The highest BCUT2D eigenvalue weighted by molar-refractivity contribution is 6.30. The quantitative estimate of drug-likeness (QED) is 0.869. The summed E-state index contributed by atoms with van der Waals surface area (Å²) in [5.74, 6) is 0.0352. The molecule has 23 heavy (non-hydrogen) atoms. The summed E-state index contributed by atoms with van der Waals surface area (Å²) in [6.45, 7) is 2.54. The van der Waals surface area contributed by atoms with Crippen LogP contribution in [-0.2, 0) is 14.9 Å². The summed E-state index contributed by atoms with van der Waals surface area (Å²) in [6, 6.07) is 7.84. The lowest BCUT2D eigenvalue weighted by Crippen LogP contribution is -2.53. The fraction of sp³-hybridized carbons (Fsp3) is 0.588. The smallest absolute Gasteiger partial charge is 0.239 e. The van der Waals surface area contributed by atoms with E-state index in [2.05, 4.69) is 16.7 Å². The Morgan fingerprint density at radius 2 is 2.17 bits per heavy atom. The van der Waals surface area contributed by atoms with Crippen LogP contribution in [0, 0.1) is 0 Å². The lowest BCUT2D eigenvalue weighted by atomic mass is 9.78. The summed E-state index contributed by atoms with van der Waals surface area (Å²) in [5.41, 5.74) is 1.27. The molecule has 0 radical (unpaired) electrons. The Morgan fingerprint density at radius 1 is 1.39 bits per heavy atom. The van der Waals surface area contributed by atoms with Gasteiger partial charge in [0.25, 0.3) is 0 Å². The number of ether oxygens (including phenoxy) is 1. The number of carbonyl (C=O) groups is 1. The van der Waals surface area contributed by atoms with Crippen molar-refractivity contribution in [1.29, 1.82) is 0 Å². The van der Waals surface area contributed by atoms with E-state index >= 15 is 0 Å². The number of nitrogens with one attached hydrogen (secondary N) is 2. The summed E-state index contributed by atoms with van der Waals surface area (Å²) < 4.78 is 5.36. The molecule has 1 unspecified atom stereocenters. The van der Waals surface area contributed by atoms with Crippen LogP contribution in [-0.4, -0.2) is 38.3 Å². The monoisotopic (exact) mass is 358 g/mol. The van der Waals surface area contributed by atoms with Gasteiger partial charge in [0.05, 0.1) is 13.2 Å². The molecule has 4 nitrogen and oxygen atoms in total. The molecular weight excluding hydrogens is 335 g/mol. The molecule has 1 amide bonds. The van der Waals surface area contributed by atoms with Crippen molar-refractivity contribution < 1.29 is 9.53 Å². The normalized spacial score (nSPS) is 23.1. The zero-order chi connectivity index (χ0) is 15.4. The molecule has 0 bridgehead atoms. The predicted molar refractivity (Wildman–Crippen MR) is 94.5 cm³/mol. The van der Waals surface area contributed by atoms with Crippen LogP contribution in [0.15, 0.2) is 24.3 Å². The minimum Gasteiger partial charge on any atom is -0.378 e. The van der Waals surface area contributed by atoms with Gasteiger partial charge in [-0.2, -0.15) is 0 Å². The number of hydrogen-bond donors (Lipinski definition) is 2. The SMILES string of the molecule is Cl.O=C(NCC1(c2cccc(Cl)c2)CCCC1)C1COCCN1. The maximum Gasteiger partial charge on any atom is 0.239 e. The number of carbonyl (C=O) groups excluding carboxylic acids is 1. The molecule has 1 atom stereocenters. The van der Waals surface area contributed by atoms with Gasteiger partial charge in [0.1, 0.15) is 6.04 Å². The van der Waals surface area contributed by atoms with Gasteiger partial charge in [0, 0.05) is 23.5 Å². The molecule has 1 saturated heterocycles. The van der Waals surface area contributed by atoms with E-state index in [4.69, 9.17) is 16.3 Å². The van der Waals surface area contributed by atoms with Gasteiger partial charge < -0.3 is 15.4 Å². The summed E-state index contributed by atoms with van der Waals surface area (Å²) in [4.78, 5) is 12.3. The van der Waals surface area contributed by atoms with E-state index in [-0.39, 0.29) is 29.8 Å². The number of morpholine rings is 1. The topological polar surface area (TPSA) is 50.4 Å². The van der Waals surface area contributed by atoms with Crippen LogP contribution in [0.1, 0.15) is 31.2 Å². The molecule has 2 fully saturated rings. The first-order valence-corrected chi connectivity index (χ1v) is 8.42. The van der Waals surface area contributed by atoms with E-state index in [1.165, 1.54) is 18.4 Å². The van der Waals surface area contributed by atoms with E-state index in [9.17, 15) is 4.79 Å². The Labute approximate surface area is 148 Å². The van der Waals surface area contributed by atoms with Gasteiger partial charge >= 0.3 is 0 Å². The molecular formula is C17H24Cl2N2O2. The second-order valence-electron chi connectivity index (χ2n) is 6.30. The van der Waals surface area contributed by atoms with Gasteiger partial charge in [-0.05, 0) is 30.5 Å². The van der Waals surface area contributed by atoms with Crippen molar-refractivity contribution in [1.82, 2.24) is 10.6 Å². The van der Waals surface area contributed by atoms with Crippen LogP contribution in [0.2, 0.25) is 5.02 Å². The average molecular weight is 359 g/mol. The summed E-state index contributed by atoms with van der Waals surface area (Å²) in [7, 11) is 0. The molecule has 1 aliphatic heterocycles. The minimum atomic E-state index is -0.230. The second kappa shape index (κ2) is 8.34. The maximum atomic E-state index is 12.3. The van der Waals surface area contributed by atoms with Crippen molar-refractivity contribution in [2.75, 3.05) is 26.3 Å². The van der Waals surface area contributed by atoms with Crippen molar-refractivity contribution in [2.45, 2.75) is 37.1 Å². The van der Waals surface area contributed by atoms with Crippen LogP contribution in [0.5, 0.6) is 0 Å². The third-order valence-corrected chi connectivity index (χ3v) is 5.07. The van der Waals surface area contributed by atoms with Crippen LogP contribution in [0.4, 0.5) is 0 Å². The number of halogens is 2. The minimum absolute atomic E-state index is 0. The van der Waals surface area contributed by atoms with Crippen molar-refractivity contribution in [2.24, 2.45) is 0 Å². The van der Waals surface area contributed by atoms with E-state index in [1.54, 1.807) is 0 Å². The van der Waals surface area contributed by atoms with Crippen LogP contribution >= 0.6 is 24.0 Å². The average Bonchev–Trinajstić information content (AvgIpc) is 3.04. The highest BCUT2D eigenvalue weighted by Gasteiger charge is 2.36. The van der Waals surface area contributed by atoms with E-state index in [1.807, 2.05) is 18.2 Å². The van der Waals surface area contributed by atoms with Crippen molar-refractivity contribution in [3.63, 3.8) is 0 Å². The Bertz CT molecular complexity index is 527. The summed E-state index contributed by atoms with van der Waals surface area (Å²) >= 11 is 6.16. The fourth-order valence-corrected chi connectivity index (χ4v) is 3.74. The van der Waals surface area contributed by atoms with Crippen molar-refractivity contribution in [3.8, 4) is 0 Å². The van der Waals surface area contributed by atoms with Gasteiger partial charge in [0.15, 0.2) is 0 Å². The summed E-state index contributed by atoms with van der Waals surface area (Å²) in [5, 5.41) is 7.09. The molecule has 6 heteroatoms. The molecule has 1 aromatic carbocycles. The molecule has 2 aliphatic rings. The zero-order valence-electron chi connectivity index (χ0n) is 13.1. The Kier molecular flexibility index (Phi) is 6.72. The number of rotatable bonds is 4. The third kappa shape index (κ3) is 4.38. The lowest BCUT2D eigenvalue weighted by molar-refractivity contribution is -0.126. The van der Waals surface area contributed by atoms with Gasteiger partial charge in [-0.1, -0.05) is 36.6 Å². The predicted octanol–water partition coefficient (Wildman–Crippen LogP) is 2.68. The Morgan fingerprint density at radius 3 is 2.83 bits per heavy atom. The first kappa shape index (κ1) is 18.5. The van der Waals surface area contributed by atoms with Crippen LogP contribution < -0.4 is 10.6 Å². The first-order valence-electron chi connectivity index (χ1n) is 8.05. The zero-order valence-corrected chi connectivity index (χ0v) is 14.7. The van der Waals surface area contributed by atoms with Gasteiger partial charge in [0.2, 0.25) is 5.91 Å². The van der Waals surface area contributed by atoms with Gasteiger partial charge in [-0.3, -0.25) is 4.79 Å². The largest absolute Gasteiger partial charge is 0.378 e. The van der Waals surface area contributed by atoms with Crippen molar-refractivity contribution in [3.05, 3.63) is 34.9 Å². The maximum absolute atomic E-state index is 12.3. The molecule has 128 valence electrons. The molecule has 2 N–H and O–H groups in total. The molecule has 3 rings (SSSR count). The third-order valence-electron chi connectivity index (χ3n) is 4.84. The highest BCUT2D eigenvalue weighted by Crippen LogP contribution is 2.41. The van der Waals surface area contributed by atoms with Gasteiger partial charge in [-0.25, -0.2) is 0 Å². The Hall–Kier alpha value is -0.810. The molecule has 1 aromatic rings. The standard InChI is InChI=1S/C17H23ClN2O2.ClH/c18-14-5-3-4-13(10-14)17(6-1-2-7-17)12-20-16(21)15-11-22-9-8-19-15;/h3-5,10,15,19H,1-2,6-9,11-12H2,(H,20,21);1H. The molecule has 0 spiro atoms. The second-order valence-corrected chi connectivity index (χ2v) is 6.73. The number of amides is 1. The Balaban J connectivity index is 0.00000192. The fourth-order valence-electron chi connectivity index (χ4n) is 3.55. The first-order chi connectivity index (χ1) is 10.7. The van der Waals surface area contributed by atoms with Crippen LogP contribution in [0.25, 0.3) is 0 Å². The van der Waals surface area contributed by atoms with E-state index in [0.29, 0.717) is 19.8 Å². The molecule has 1 heterocycles. The molecule has 1 aliphatic carbocycles. The van der Waals surface area contributed by atoms with E-state index in [0.717, 1.165) is 24.4 Å². The van der Waals surface area contributed by atoms with Gasteiger partial charge in [-0.15, -0.1) is 12.4 Å². The van der Waals surface area contributed by atoms with Crippen molar-refractivity contribution >= 4 is 29.9 Å². The molecule has 1 saturated carbocycles.